The highest BCUT2D eigenvalue weighted by Crippen LogP contribution is 2.41. The number of quaternary nitrogens is 1. The summed E-state index contributed by atoms with van der Waals surface area (Å²) in [4.78, 5) is 21.4. The molecule has 0 radical (unpaired) electrons. The van der Waals surface area contributed by atoms with Crippen molar-refractivity contribution in [2.24, 2.45) is 0 Å². The summed E-state index contributed by atoms with van der Waals surface area (Å²) in [6, 6.07) is 0. The van der Waals surface area contributed by atoms with Gasteiger partial charge >= 0.3 is 13.6 Å². The topological polar surface area (TPSA) is 82.1 Å². The average molecular weight is 537 g/mol. The lowest BCUT2D eigenvalue weighted by Gasteiger charge is -2.25. The van der Waals surface area contributed by atoms with Gasteiger partial charge in [0.1, 0.15) is 6.10 Å². The summed E-state index contributed by atoms with van der Waals surface area (Å²) >= 11 is 0. The van der Waals surface area contributed by atoms with E-state index in [0.29, 0.717) is 17.6 Å². The number of hydrogen-bond acceptors (Lipinski definition) is 5. The van der Waals surface area contributed by atoms with Gasteiger partial charge in [-0.25, -0.2) is 0 Å². The van der Waals surface area contributed by atoms with Crippen LogP contribution in [0.2, 0.25) is 0 Å². The van der Waals surface area contributed by atoms with Crippen LogP contribution in [0.3, 0.4) is 0 Å². The zero-order valence-electron chi connectivity index (χ0n) is 24.3. The molecule has 0 aliphatic heterocycles. The molecule has 0 saturated heterocycles. The van der Waals surface area contributed by atoms with E-state index in [-0.39, 0.29) is 19.4 Å². The fourth-order valence-electron chi connectivity index (χ4n) is 4.01. The standard InChI is InChI=1S/C28H58NO6P/c1-6-7-8-9-10-11-12-13-14-15-16-17-18-19-20-21-23-33-25-28(35-27(2)30)26-34-36(31,32)24-22-29(3,4)5/h28H,6-26H2,1-5H3/p+1. The minimum Gasteiger partial charge on any atom is -0.458 e. The molecule has 7 nitrogen and oxygen atoms in total. The molecule has 0 aromatic rings. The lowest BCUT2D eigenvalue weighted by molar-refractivity contribution is -0.867. The molecule has 0 rings (SSSR count). The maximum Gasteiger partial charge on any atom is 0.333 e. The molecule has 0 amide bonds. The van der Waals surface area contributed by atoms with E-state index >= 15 is 0 Å². The van der Waals surface area contributed by atoms with Gasteiger partial charge in [-0.2, -0.15) is 0 Å². The van der Waals surface area contributed by atoms with Crippen molar-refractivity contribution >= 4 is 13.6 Å². The molecule has 1 N–H and O–H groups in total. The van der Waals surface area contributed by atoms with Crippen LogP contribution in [0.1, 0.15) is 117 Å². The van der Waals surface area contributed by atoms with E-state index in [2.05, 4.69) is 6.92 Å². The van der Waals surface area contributed by atoms with E-state index in [0.717, 1.165) is 12.8 Å². The summed E-state index contributed by atoms with van der Waals surface area (Å²) in [7, 11) is 2.13. The lowest BCUT2D eigenvalue weighted by Crippen LogP contribution is -2.37. The first-order valence-electron chi connectivity index (χ1n) is 14.6. The normalized spacial score (nSPS) is 14.5. The van der Waals surface area contributed by atoms with E-state index in [9.17, 15) is 14.3 Å². The second kappa shape index (κ2) is 22.5. The van der Waals surface area contributed by atoms with Gasteiger partial charge in [0.2, 0.25) is 0 Å². The Morgan fingerprint density at radius 3 is 1.64 bits per heavy atom. The Labute approximate surface area is 222 Å². The Kier molecular flexibility index (Phi) is 22.2. The summed E-state index contributed by atoms with van der Waals surface area (Å²) in [5.41, 5.74) is 0. The van der Waals surface area contributed by atoms with Gasteiger partial charge in [0.25, 0.3) is 0 Å². The molecule has 0 aromatic heterocycles. The molecule has 0 bridgehead atoms. The van der Waals surface area contributed by atoms with Crippen molar-refractivity contribution in [3.63, 3.8) is 0 Å². The number of nitrogens with zero attached hydrogens (tertiary/aromatic N) is 1. The van der Waals surface area contributed by atoms with E-state index in [1.807, 2.05) is 21.1 Å². The third-order valence-electron chi connectivity index (χ3n) is 6.29. The Balaban J connectivity index is 3.69. The predicted molar refractivity (Wildman–Crippen MR) is 149 cm³/mol. The van der Waals surface area contributed by atoms with Gasteiger partial charge in [0, 0.05) is 13.5 Å². The largest absolute Gasteiger partial charge is 0.458 e. The fourth-order valence-corrected chi connectivity index (χ4v) is 5.39. The highest BCUT2D eigenvalue weighted by Gasteiger charge is 2.26. The van der Waals surface area contributed by atoms with Crippen molar-refractivity contribution in [1.82, 2.24) is 0 Å². The molecule has 0 aromatic carbocycles. The van der Waals surface area contributed by atoms with Crippen LogP contribution in [0, 0.1) is 0 Å². The van der Waals surface area contributed by atoms with Crippen molar-refractivity contribution in [2.45, 2.75) is 123 Å². The van der Waals surface area contributed by atoms with Gasteiger partial charge in [-0.1, -0.05) is 103 Å². The van der Waals surface area contributed by atoms with Crippen molar-refractivity contribution in [3.05, 3.63) is 0 Å². The number of carbonyl (C=O) groups excluding carboxylic acids is 1. The van der Waals surface area contributed by atoms with Crippen LogP contribution in [0.4, 0.5) is 0 Å². The first-order chi connectivity index (χ1) is 17.1. The monoisotopic (exact) mass is 536 g/mol. The van der Waals surface area contributed by atoms with Crippen LogP contribution in [0.5, 0.6) is 0 Å². The summed E-state index contributed by atoms with van der Waals surface area (Å²) in [6.45, 7) is 4.73. The van der Waals surface area contributed by atoms with Crippen molar-refractivity contribution in [1.29, 1.82) is 0 Å². The van der Waals surface area contributed by atoms with E-state index in [4.69, 9.17) is 14.0 Å². The molecule has 0 spiro atoms. The molecule has 2 atom stereocenters. The third-order valence-corrected chi connectivity index (χ3v) is 7.61. The first kappa shape index (κ1) is 35.5. The maximum absolute atomic E-state index is 12.2. The van der Waals surface area contributed by atoms with Crippen molar-refractivity contribution in [3.8, 4) is 0 Å². The predicted octanol–water partition coefficient (Wildman–Crippen LogP) is 7.10. The minimum atomic E-state index is -3.73. The number of ether oxygens (including phenoxy) is 2. The zero-order chi connectivity index (χ0) is 27.1. The first-order valence-corrected chi connectivity index (χ1v) is 16.3. The van der Waals surface area contributed by atoms with Gasteiger partial charge in [-0.05, 0) is 6.42 Å². The molecule has 8 heteroatoms. The molecule has 36 heavy (non-hydrogen) atoms. The second-order valence-electron chi connectivity index (χ2n) is 11.3. The van der Waals surface area contributed by atoms with Crippen LogP contribution in [0.25, 0.3) is 0 Å². The molecular weight excluding hydrogens is 477 g/mol. The van der Waals surface area contributed by atoms with Crippen LogP contribution < -0.4 is 0 Å². The van der Waals surface area contributed by atoms with Crippen LogP contribution in [-0.2, 0) is 23.4 Å². The van der Waals surface area contributed by atoms with Crippen LogP contribution >= 0.6 is 7.60 Å². The number of unbranched alkanes of at least 4 members (excludes halogenated alkanes) is 15. The summed E-state index contributed by atoms with van der Waals surface area (Å²) in [5.74, 6) is -0.450. The number of hydrogen-bond donors (Lipinski definition) is 1. The molecule has 2 unspecified atom stereocenters. The molecule has 0 fully saturated rings. The van der Waals surface area contributed by atoms with Gasteiger partial charge in [0.15, 0.2) is 0 Å². The van der Waals surface area contributed by atoms with Gasteiger partial charge < -0.3 is 23.4 Å². The molecule has 0 aliphatic carbocycles. The van der Waals surface area contributed by atoms with Gasteiger partial charge in [-0.3, -0.25) is 9.36 Å². The summed E-state index contributed by atoms with van der Waals surface area (Å²) in [6.07, 6.45) is 20.6. The quantitative estimate of drug-likeness (QED) is 0.0549. The van der Waals surface area contributed by atoms with E-state index in [1.165, 1.54) is 96.8 Å². The second-order valence-corrected chi connectivity index (χ2v) is 13.3. The molecular formula is C28H59NO6P+. The van der Waals surface area contributed by atoms with Crippen molar-refractivity contribution < 1.29 is 32.7 Å². The highest BCUT2D eigenvalue weighted by atomic mass is 31.2. The van der Waals surface area contributed by atoms with E-state index in [1.54, 1.807) is 0 Å². The van der Waals surface area contributed by atoms with Crippen molar-refractivity contribution in [2.75, 3.05) is 53.7 Å². The van der Waals surface area contributed by atoms with Crippen LogP contribution in [-0.4, -0.2) is 75.1 Å². The SMILES string of the molecule is CCCCCCCCCCCCCCCCCCOCC(COP(=O)(O)CC[N+](C)(C)C)OC(C)=O. The maximum atomic E-state index is 12.2. The fraction of sp³-hybridized carbons (Fsp3) is 0.964. The van der Waals surface area contributed by atoms with Gasteiger partial charge in [-0.15, -0.1) is 0 Å². The Morgan fingerprint density at radius 1 is 0.778 bits per heavy atom. The van der Waals surface area contributed by atoms with Crippen LogP contribution in [0.15, 0.2) is 0 Å². The Hall–Kier alpha value is -0.460. The Morgan fingerprint density at radius 2 is 1.22 bits per heavy atom. The third kappa shape index (κ3) is 26.6. The summed E-state index contributed by atoms with van der Waals surface area (Å²) < 4.78 is 28.9. The smallest absolute Gasteiger partial charge is 0.333 e. The molecule has 0 heterocycles. The Bertz CT molecular complexity index is 567. The molecule has 0 saturated carbocycles. The minimum absolute atomic E-state index is 0.0589. The molecule has 216 valence electrons. The van der Waals surface area contributed by atoms with Gasteiger partial charge in [0.05, 0.1) is 47.1 Å². The number of esters is 1. The highest BCUT2D eigenvalue weighted by molar-refractivity contribution is 7.52. The average Bonchev–Trinajstić information content (AvgIpc) is 2.79. The molecule has 0 aliphatic rings. The van der Waals surface area contributed by atoms with E-state index < -0.39 is 19.7 Å². The number of carbonyl (C=O) groups is 1. The summed E-state index contributed by atoms with van der Waals surface area (Å²) in [5, 5.41) is 0. The lowest BCUT2D eigenvalue weighted by atomic mass is 10.0. The zero-order valence-corrected chi connectivity index (χ0v) is 25.2. The number of rotatable bonds is 26.